The topological polar surface area (TPSA) is 38.3 Å². The summed E-state index contributed by atoms with van der Waals surface area (Å²) in [6.07, 6.45) is -0.0333. The van der Waals surface area contributed by atoms with Gasteiger partial charge in [-0.1, -0.05) is 47.8 Å². The lowest BCUT2D eigenvalue weighted by Gasteiger charge is -2.17. The highest BCUT2D eigenvalue weighted by Gasteiger charge is 2.18. The third-order valence-electron chi connectivity index (χ3n) is 3.09. The number of hydrogen-bond acceptors (Lipinski definition) is 2. The fourth-order valence-electron chi connectivity index (χ4n) is 1.95. The largest absolute Gasteiger partial charge is 0.481 e. The second-order valence-electron chi connectivity index (χ2n) is 4.98. The Labute approximate surface area is 140 Å². The third-order valence-corrected chi connectivity index (χ3v) is 3.53. The molecule has 0 spiro atoms. The fourth-order valence-corrected chi connectivity index (χ4v) is 2.48. The summed E-state index contributed by atoms with van der Waals surface area (Å²) in [5.74, 6) is 0.429. The second-order valence-corrected chi connectivity index (χ2v) is 5.85. The summed E-state index contributed by atoms with van der Waals surface area (Å²) in [6, 6.07) is 12.5. The van der Waals surface area contributed by atoms with Gasteiger partial charge in [-0.25, -0.2) is 0 Å². The molecular weight excluding hydrogens is 321 g/mol. The first-order valence-corrected chi connectivity index (χ1v) is 7.74. The molecule has 3 nitrogen and oxygen atoms in total. The molecule has 0 aliphatic rings. The number of ether oxygens (including phenoxy) is 1. The molecule has 22 heavy (non-hydrogen) atoms. The Kier molecular flexibility index (Phi) is 5.69. The van der Waals surface area contributed by atoms with E-state index in [2.05, 4.69) is 5.32 Å². The van der Waals surface area contributed by atoms with Crippen molar-refractivity contribution in [1.82, 2.24) is 0 Å². The van der Waals surface area contributed by atoms with Gasteiger partial charge in [-0.15, -0.1) is 0 Å². The van der Waals surface area contributed by atoms with E-state index in [9.17, 15) is 4.79 Å². The monoisotopic (exact) mass is 337 g/mol. The lowest BCUT2D eigenvalue weighted by atomic mass is 10.2. The Morgan fingerprint density at radius 2 is 1.73 bits per heavy atom. The summed E-state index contributed by atoms with van der Waals surface area (Å²) in [5.41, 5.74) is 1.69. The summed E-state index contributed by atoms with van der Waals surface area (Å²) < 4.78 is 5.74. The van der Waals surface area contributed by atoms with E-state index in [1.54, 1.807) is 18.2 Å². The van der Waals surface area contributed by atoms with Gasteiger partial charge in [0, 0.05) is 15.7 Å². The van der Waals surface area contributed by atoms with Gasteiger partial charge in [0.25, 0.3) is 5.91 Å². The van der Waals surface area contributed by atoms with Crippen LogP contribution in [0.3, 0.4) is 0 Å². The van der Waals surface area contributed by atoms with E-state index in [1.165, 1.54) is 0 Å². The van der Waals surface area contributed by atoms with Crippen LogP contribution in [0.1, 0.15) is 18.9 Å². The molecule has 0 aliphatic heterocycles. The van der Waals surface area contributed by atoms with E-state index >= 15 is 0 Å². The molecule has 0 saturated carbocycles. The van der Waals surface area contributed by atoms with Crippen LogP contribution < -0.4 is 10.1 Å². The van der Waals surface area contributed by atoms with Gasteiger partial charge in [-0.3, -0.25) is 4.79 Å². The summed E-state index contributed by atoms with van der Waals surface area (Å²) in [4.78, 5) is 12.3. The first kappa shape index (κ1) is 16.7. The average molecular weight is 338 g/mol. The number of rotatable bonds is 5. The zero-order chi connectivity index (χ0) is 16.1. The Morgan fingerprint density at radius 1 is 1.14 bits per heavy atom. The first-order chi connectivity index (χ1) is 10.5. The predicted octanol–water partition coefficient (Wildman–Crippen LogP) is 5.10. The minimum Gasteiger partial charge on any atom is -0.481 e. The van der Waals surface area contributed by atoms with Crippen LogP contribution in [-0.2, 0) is 4.79 Å². The molecule has 1 atom stereocenters. The molecule has 5 heteroatoms. The van der Waals surface area contributed by atoms with E-state index in [1.807, 2.05) is 38.1 Å². The number of carbonyl (C=O) groups excluding carboxylic acids is 1. The van der Waals surface area contributed by atoms with Crippen molar-refractivity contribution in [2.75, 3.05) is 5.32 Å². The van der Waals surface area contributed by atoms with Crippen molar-refractivity contribution < 1.29 is 9.53 Å². The predicted molar refractivity (Wildman–Crippen MR) is 91.0 cm³/mol. The van der Waals surface area contributed by atoms with E-state index in [0.29, 0.717) is 27.9 Å². The number of benzene rings is 2. The molecule has 0 heterocycles. The second kappa shape index (κ2) is 7.52. The van der Waals surface area contributed by atoms with Gasteiger partial charge in [0.15, 0.2) is 6.10 Å². The van der Waals surface area contributed by atoms with Crippen LogP contribution in [-0.4, -0.2) is 12.0 Å². The molecule has 0 bridgehead atoms. The molecule has 2 rings (SSSR count). The zero-order valence-corrected chi connectivity index (χ0v) is 13.9. The number of nitrogens with one attached hydrogen (secondary N) is 1. The summed E-state index contributed by atoms with van der Waals surface area (Å²) in [6.45, 7) is 3.89. The van der Waals surface area contributed by atoms with Gasteiger partial charge < -0.3 is 10.1 Å². The number of aryl methyl sites for hydroxylation is 1. The first-order valence-electron chi connectivity index (χ1n) is 6.98. The Bertz CT molecular complexity index is 636. The van der Waals surface area contributed by atoms with Crippen LogP contribution in [0.25, 0.3) is 0 Å². The highest BCUT2D eigenvalue weighted by molar-refractivity contribution is 6.35. The SMILES string of the molecule is CCC(Oc1ccc(C)cc1)C(=O)Nc1cc(Cl)cc(Cl)c1. The minimum atomic E-state index is -0.583. The van der Waals surface area contributed by atoms with Gasteiger partial charge in [-0.05, 0) is 43.7 Å². The van der Waals surface area contributed by atoms with Crippen LogP contribution in [0.2, 0.25) is 10.0 Å². The van der Waals surface area contributed by atoms with Crippen molar-refractivity contribution in [2.45, 2.75) is 26.4 Å². The van der Waals surface area contributed by atoms with E-state index in [0.717, 1.165) is 5.56 Å². The molecule has 2 aromatic rings. The molecule has 116 valence electrons. The van der Waals surface area contributed by atoms with Crippen LogP contribution in [0.4, 0.5) is 5.69 Å². The summed E-state index contributed by atoms with van der Waals surface area (Å²) in [7, 11) is 0. The highest BCUT2D eigenvalue weighted by atomic mass is 35.5. The smallest absolute Gasteiger partial charge is 0.265 e. The highest BCUT2D eigenvalue weighted by Crippen LogP contribution is 2.23. The fraction of sp³-hybridized carbons (Fsp3) is 0.235. The van der Waals surface area contributed by atoms with Gasteiger partial charge in [0.1, 0.15) is 5.75 Å². The van der Waals surface area contributed by atoms with E-state index in [-0.39, 0.29) is 5.91 Å². The minimum absolute atomic E-state index is 0.235. The van der Waals surface area contributed by atoms with Crippen molar-refractivity contribution >= 4 is 34.8 Å². The van der Waals surface area contributed by atoms with Gasteiger partial charge in [0.05, 0.1) is 0 Å². The summed E-state index contributed by atoms with van der Waals surface area (Å²) >= 11 is 11.8. The number of halogens is 2. The molecule has 1 amide bonds. The Hall–Kier alpha value is -1.71. The number of hydrogen-bond donors (Lipinski definition) is 1. The normalized spacial score (nSPS) is 11.8. The number of carbonyl (C=O) groups is 1. The van der Waals surface area contributed by atoms with Crippen LogP contribution >= 0.6 is 23.2 Å². The Balaban J connectivity index is 2.06. The molecule has 1 unspecified atom stereocenters. The molecule has 1 N–H and O–H groups in total. The van der Waals surface area contributed by atoms with E-state index in [4.69, 9.17) is 27.9 Å². The quantitative estimate of drug-likeness (QED) is 0.824. The Morgan fingerprint density at radius 3 is 2.27 bits per heavy atom. The van der Waals surface area contributed by atoms with Gasteiger partial charge >= 0.3 is 0 Å². The maximum atomic E-state index is 12.3. The van der Waals surface area contributed by atoms with E-state index < -0.39 is 6.10 Å². The van der Waals surface area contributed by atoms with Crippen LogP contribution in [0.5, 0.6) is 5.75 Å². The average Bonchev–Trinajstić information content (AvgIpc) is 2.45. The lowest BCUT2D eigenvalue weighted by Crippen LogP contribution is -2.32. The van der Waals surface area contributed by atoms with Crippen molar-refractivity contribution in [3.05, 3.63) is 58.1 Å². The van der Waals surface area contributed by atoms with Crippen molar-refractivity contribution in [2.24, 2.45) is 0 Å². The lowest BCUT2D eigenvalue weighted by molar-refractivity contribution is -0.122. The van der Waals surface area contributed by atoms with Crippen molar-refractivity contribution in [3.8, 4) is 5.75 Å². The molecule has 2 aromatic carbocycles. The maximum absolute atomic E-state index is 12.3. The van der Waals surface area contributed by atoms with Gasteiger partial charge in [-0.2, -0.15) is 0 Å². The molecular formula is C17H17Cl2NO2. The molecule has 0 aromatic heterocycles. The third kappa shape index (κ3) is 4.65. The number of anilines is 1. The van der Waals surface area contributed by atoms with Crippen molar-refractivity contribution in [1.29, 1.82) is 0 Å². The van der Waals surface area contributed by atoms with Gasteiger partial charge in [0.2, 0.25) is 0 Å². The molecule has 0 aliphatic carbocycles. The number of amides is 1. The van der Waals surface area contributed by atoms with Crippen molar-refractivity contribution in [3.63, 3.8) is 0 Å². The van der Waals surface area contributed by atoms with Crippen LogP contribution in [0, 0.1) is 6.92 Å². The molecule has 0 fully saturated rings. The van der Waals surface area contributed by atoms with Crippen LogP contribution in [0.15, 0.2) is 42.5 Å². The molecule has 0 saturated heterocycles. The maximum Gasteiger partial charge on any atom is 0.265 e. The molecule has 0 radical (unpaired) electrons. The standard InChI is InChI=1S/C17H17Cl2NO2/c1-3-16(22-15-6-4-11(2)5-7-15)17(21)20-14-9-12(18)8-13(19)10-14/h4-10,16H,3H2,1-2H3,(H,20,21). The zero-order valence-electron chi connectivity index (χ0n) is 12.4. The summed E-state index contributed by atoms with van der Waals surface area (Å²) in [5, 5.41) is 3.71.